The van der Waals surface area contributed by atoms with Gasteiger partial charge < -0.3 is 0 Å². The minimum Gasteiger partial charge on any atom is -0.258 e. The molecule has 0 atom stereocenters. The minimum absolute atomic E-state index is 0.0190. The predicted molar refractivity (Wildman–Crippen MR) is 83.7 cm³/mol. The molecule has 0 saturated heterocycles. The molecule has 22 heavy (non-hydrogen) atoms. The van der Waals surface area contributed by atoms with Gasteiger partial charge in [-0.3, -0.25) is 10.1 Å². The molecule has 1 aromatic heterocycles. The first kappa shape index (κ1) is 13.9. The van der Waals surface area contributed by atoms with E-state index in [1.165, 1.54) is 18.2 Å². The lowest BCUT2D eigenvalue weighted by molar-refractivity contribution is -0.383. The number of pyridine rings is 1. The van der Waals surface area contributed by atoms with Crippen LogP contribution in [0.4, 0.5) is 10.1 Å². The molecule has 0 unspecified atom stereocenters. The third-order valence-corrected chi connectivity index (χ3v) is 3.23. The van der Waals surface area contributed by atoms with Gasteiger partial charge in [0.2, 0.25) is 0 Å². The Balaban J connectivity index is 1.99. The number of fused-ring (bicyclic) bond motifs is 1. The van der Waals surface area contributed by atoms with E-state index < -0.39 is 4.92 Å². The molecule has 0 spiro atoms. The highest BCUT2D eigenvalue weighted by Gasteiger charge is 2.12. The molecule has 4 nitrogen and oxygen atoms in total. The van der Waals surface area contributed by atoms with Crippen LogP contribution in [0.3, 0.4) is 0 Å². The van der Waals surface area contributed by atoms with E-state index >= 15 is 0 Å². The van der Waals surface area contributed by atoms with Crippen LogP contribution >= 0.6 is 0 Å². The van der Waals surface area contributed by atoms with E-state index in [4.69, 9.17) is 0 Å². The Morgan fingerprint density at radius 1 is 1.00 bits per heavy atom. The summed E-state index contributed by atoms with van der Waals surface area (Å²) in [6.07, 6.45) is 3.52. The molecule has 108 valence electrons. The maximum atomic E-state index is 12.8. The van der Waals surface area contributed by atoms with E-state index in [1.54, 1.807) is 48.6 Å². The smallest absolute Gasteiger partial charge is 0.258 e. The molecule has 0 fully saturated rings. The van der Waals surface area contributed by atoms with Crippen LogP contribution in [0.2, 0.25) is 0 Å². The van der Waals surface area contributed by atoms with Crippen LogP contribution in [0.1, 0.15) is 11.3 Å². The monoisotopic (exact) mass is 294 g/mol. The third-order valence-electron chi connectivity index (χ3n) is 3.23. The van der Waals surface area contributed by atoms with Gasteiger partial charge in [-0.05, 0) is 29.8 Å². The third kappa shape index (κ3) is 2.83. The number of hydrogen-bond acceptors (Lipinski definition) is 3. The van der Waals surface area contributed by atoms with Crippen molar-refractivity contribution in [2.24, 2.45) is 0 Å². The molecule has 0 aliphatic carbocycles. The second-order valence-corrected chi connectivity index (χ2v) is 4.73. The van der Waals surface area contributed by atoms with Crippen molar-refractivity contribution in [2.75, 3.05) is 0 Å². The van der Waals surface area contributed by atoms with Crippen molar-refractivity contribution < 1.29 is 9.31 Å². The topological polar surface area (TPSA) is 56.0 Å². The summed E-state index contributed by atoms with van der Waals surface area (Å²) >= 11 is 0. The Hall–Kier alpha value is -3.08. The van der Waals surface area contributed by atoms with Gasteiger partial charge in [0.25, 0.3) is 5.69 Å². The maximum Gasteiger partial charge on any atom is 0.295 e. The molecule has 2 aromatic carbocycles. The van der Waals surface area contributed by atoms with Crippen molar-refractivity contribution in [3.63, 3.8) is 0 Å². The summed E-state index contributed by atoms with van der Waals surface area (Å²) < 4.78 is 12.8. The van der Waals surface area contributed by atoms with Crippen LogP contribution in [0.25, 0.3) is 23.1 Å². The lowest BCUT2D eigenvalue weighted by atomic mass is 10.1. The van der Waals surface area contributed by atoms with Crippen molar-refractivity contribution in [1.29, 1.82) is 0 Å². The molecule has 0 aliphatic rings. The van der Waals surface area contributed by atoms with E-state index in [-0.39, 0.29) is 11.5 Å². The highest BCUT2D eigenvalue weighted by atomic mass is 19.1. The van der Waals surface area contributed by atoms with Crippen molar-refractivity contribution in [3.8, 4) is 0 Å². The summed E-state index contributed by atoms with van der Waals surface area (Å²) in [6.45, 7) is 0. The van der Waals surface area contributed by atoms with E-state index in [9.17, 15) is 14.5 Å². The quantitative estimate of drug-likeness (QED) is 0.529. The van der Waals surface area contributed by atoms with Crippen molar-refractivity contribution in [2.45, 2.75) is 0 Å². The van der Waals surface area contributed by atoms with Crippen LogP contribution < -0.4 is 0 Å². The average molecular weight is 294 g/mol. The van der Waals surface area contributed by atoms with Crippen molar-refractivity contribution >= 4 is 28.7 Å². The van der Waals surface area contributed by atoms with Crippen molar-refractivity contribution in [3.05, 3.63) is 81.8 Å². The summed E-state index contributed by atoms with van der Waals surface area (Å²) in [4.78, 5) is 14.9. The summed E-state index contributed by atoms with van der Waals surface area (Å²) in [7, 11) is 0. The molecular formula is C17H11FN2O2. The zero-order valence-electron chi connectivity index (χ0n) is 11.4. The summed E-state index contributed by atoms with van der Waals surface area (Å²) in [5, 5.41) is 11.8. The van der Waals surface area contributed by atoms with Gasteiger partial charge in [-0.1, -0.05) is 36.4 Å². The van der Waals surface area contributed by atoms with Crippen LogP contribution in [0, 0.1) is 15.9 Å². The first-order valence-corrected chi connectivity index (χ1v) is 6.61. The van der Waals surface area contributed by atoms with Gasteiger partial charge in [0.05, 0.1) is 10.6 Å². The Morgan fingerprint density at radius 3 is 2.50 bits per heavy atom. The number of nitrogens with zero attached hydrogens (tertiary/aromatic N) is 2. The minimum atomic E-state index is -0.442. The fraction of sp³-hybridized carbons (Fsp3) is 0. The molecule has 1 heterocycles. The molecule has 0 saturated carbocycles. The maximum absolute atomic E-state index is 12.8. The van der Waals surface area contributed by atoms with Gasteiger partial charge in [-0.15, -0.1) is 0 Å². The average Bonchev–Trinajstić information content (AvgIpc) is 2.53. The fourth-order valence-electron chi connectivity index (χ4n) is 2.14. The molecular weight excluding hydrogens is 283 g/mol. The van der Waals surface area contributed by atoms with E-state index in [0.29, 0.717) is 16.6 Å². The van der Waals surface area contributed by atoms with Gasteiger partial charge >= 0.3 is 0 Å². The number of para-hydroxylation sites is 1. The predicted octanol–water partition coefficient (Wildman–Crippen LogP) is 4.45. The van der Waals surface area contributed by atoms with E-state index in [1.807, 2.05) is 0 Å². The van der Waals surface area contributed by atoms with Gasteiger partial charge in [0.15, 0.2) is 0 Å². The largest absolute Gasteiger partial charge is 0.295 e. The normalized spacial score (nSPS) is 11.1. The van der Waals surface area contributed by atoms with Crippen LogP contribution in [-0.4, -0.2) is 9.91 Å². The molecule has 5 heteroatoms. The zero-order valence-corrected chi connectivity index (χ0v) is 11.4. The molecule has 0 aliphatic heterocycles. The SMILES string of the molecule is O=[N+]([O-])c1cccc2ccc(/C=C/c3ccc(F)cc3)nc12. The van der Waals surface area contributed by atoms with E-state index in [0.717, 1.165) is 5.56 Å². The van der Waals surface area contributed by atoms with Crippen LogP contribution in [0.5, 0.6) is 0 Å². The van der Waals surface area contributed by atoms with Gasteiger partial charge in [0.1, 0.15) is 11.3 Å². The fourth-order valence-corrected chi connectivity index (χ4v) is 2.14. The van der Waals surface area contributed by atoms with Gasteiger partial charge in [-0.25, -0.2) is 9.37 Å². The lowest BCUT2D eigenvalue weighted by Gasteiger charge is -2.00. The molecule has 3 rings (SSSR count). The van der Waals surface area contributed by atoms with Crippen molar-refractivity contribution in [1.82, 2.24) is 4.98 Å². The Kier molecular flexibility index (Phi) is 3.62. The Labute approximate surface area is 125 Å². The Morgan fingerprint density at radius 2 is 1.77 bits per heavy atom. The molecule has 0 bridgehead atoms. The molecule has 0 radical (unpaired) electrons. The highest BCUT2D eigenvalue weighted by Crippen LogP contribution is 2.24. The number of rotatable bonds is 3. The van der Waals surface area contributed by atoms with E-state index in [2.05, 4.69) is 4.98 Å². The Bertz CT molecular complexity index is 873. The second-order valence-electron chi connectivity index (χ2n) is 4.73. The number of nitro benzene ring substituents is 1. The van der Waals surface area contributed by atoms with Crippen LogP contribution in [0.15, 0.2) is 54.6 Å². The second kappa shape index (κ2) is 5.73. The number of halogens is 1. The zero-order chi connectivity index (χ0) is 15.5. The molecule has 3 aromatic rings. The first-order chi connectivity index (χ1) is 10.6. The lowest BCUT2D eigenvalue weighted by Crippen LogP contribution is -1.92. The number of non-ortho nitro benzene ring substituents is 1. The number of benzene rings is 2. The first-order valence-electron chi connectivity index (χ1n) is 6.61. The molecule has 0 N–H and O–H groups in total. The highest BCUT2D eigenvalue weighted by molar-refractivity contribution is 5.88. The number of nitro groups is 1. The van der Waals surface area contributed by atoms with Gasteiger partial charge in [-0.2, -0.15) is 0 Å². The summed E-state index contributed by atoms with van der Waals surface area (Å²) in [5.74, 6) is -0.295. The van der Waals surface area contributed by atoms with Crippen LogP contribution in [-0.2, 0) is 0 Å². The summed E-state index contributed by atoms with van der Waals surface area (Å²) in [5.41, 5.74) is 1.76. The summed E-state index contributed by atoms with van der Waals surface area (Å²) in [6, 6.07) is 14.5. The van der Waals surface area contributed by atoms with Gasteiger partial charge in [0, 0.05) is 11.5 Å². The standard InChI is InChI=1S/C17H11FN2O2/c18-14-8-4-12(5-9-14)6-10-15-11-7-13-2-1-3-16(20(21)22)17(13)19-15/h1-11H/b10-6+. The molecule has 0 amide bonds. The number of hydrogen-bond donors (Lipinski definition) is 0. The number of aromatic nitrogens is 1.